The Bertz CT molecular complexity index is 694. The molecule has 20 heavy (non-hydrogen) atoms. The van der Waals surface area contributed by atoms with Crippen LogP contribution in [0.3, 0.4) is 0 Å². The zero-order valence-corrected chi connectivity index (χ0v) is 12.7. The summed E-state index contributed by atoms with van der Waals surface area (Å²) in [6, 6.07) is 5.76. The van der Waals surface area contributed by atoms with E-state index in [1.165, 1.54) is 18.2 Å². The lowest BCUT2D eigenvalue weighted by atomic mass is 10.2. The number of nitrogens with zero attached hydrogens (tertiary/aromatic N) is 1. The van der Waals surface area contributed by atoms with Gasteiger partial charge in [-0.15, -0.1) is 0 Å². The molecular weight excluding hydrogens is 349 g/mol. The van der Waals surface area contributed by atoms with Gasteiger partial charge in [0.25, 0.3) is 5.91 Å². The van der Waals surface area contributed by atoms with Crippen molar-refractivity contribution < 1.29 is 9.18 Å². The molecule has 1 aromatic carbocycles. The van der Waals surface area contributed by atoms with Gasteiger partial charge in [-0.1, -0.05) is 11.6 Å². The summed E-state index contributed by atoms with van der Waals surface area (Å²) >= 11 is 8.97. The van der Waals surface area contributed by atoms with Crippen molar-refractivity contribution in [2.24, 2.45) is 0 Å². The molecule has 0 fully saturated rings. The monoisotopic (exact) mass is 357 g/mol. The molecule has 0 unspecified atom stereocenters. The molecule has 3 N–H and O–H groups in total. The minimum absolute atomic E-state index is 0.00519. The van der Waals surface area contributed by atoms with E-state index >= 15 is 0 Å². The lowest BCUT2D eigenvalue weighted by molar-refractivity contribution is 0.102. The SMILES string of the molecule is Cc1cc(Br)c(F)cc1NC(=O)c1nc(N)ccc1Cl. The highest BCUT2D eigenvalue weighted by atomic mass is 79.9. The maximum Gasteiger partial charge on any atom is 0.275 e. The number of nitrogens with two attached hydrogens (primary N) is 1. The maximum absolute atomic E-state index is 13.5. The summed E-state index contributed by atoms with van der Waals surface area (Å²) in [5.41, 5.74) is 6.56. The summed E-state index contributed by atoms with van der Waals surface area (Å²) < 4.78 is 13.8. The van der Waals surface area contributed by atoms with E-state index in [1.54, 1.807) is 13.0 Å². The Balaban J connectivity index is 2.32. The van der Waals surface area contributed by atoms with E-state index in [2.05, 4.69) is 26.2 Å². The fraction of sp³-hybridized carbons (Fsp3) is 0.0769. The zero-order valence-electron chi connectivity index (χ0n) is 10.4. The van der Waals surface area contributed by atoms with Crippen LogP contribution in [0.15, 0.2) is 28.7 Å². The number of halogens is 3. The van der Waals surface area contributed by atoms with E-state index in [0.717, 1.165) is 0 Å². The van der Waals surface area contributed by atoms with Crippen molar-refractivity contribution >= 4 is 44.9 Å². The highest BCUT2D eigenvalue weighted by molar-refractivity contribution is 9.10. The largest absolute Gasteiger partial charge is 0.384 e. The number of rotatable bonds is 2. The van der Waals surface area contributed by atoms with Crippen LogP contribution in [0.1, 0.15) is 16.1 Å². The molecule has 0 spiro atoms. The number of anilines is 2. The Kier molecular flexibility index (Phi) is 4.25. The third-order valence-electron chi connectivity index (χ3n) is 2.60. The van der Waals surface area contributed by atoms with Gasteiger partial charge >= 0.3 is 0 Å². The molecule has 104 valence electrons. The molecule has 4 nitrogen and oxygen atoms in total. The third-order valence-corrected chi connectivity index (χ3v) is 3.51. The van der Waals surface area contributed by atoms with Crippen molar-refractivity contribution in [3.8, 4) is 0 Å². The number of carbonyl (C=O) groups excluding carboxylic acids is 1. The Labute approximate surface area is 128 Å². The summed E-state index contributed by atoms with van der Waals surface area (Å²) in [7, 11) is 0. The van der Waals surface area contributed by atoms with Crippen molar-refractivity contribution in [3.63, 3.8) is 0 Å². The highest BCUT2D eigenvalue weighted by Crippen LogP contribution is 2.25. The Morgan fingerprint density at radius 1 is 1.45 bits per heavy atom. The Morgan fingerprint density at radius 2 is 2.15 bits per heavy atom. The molecule has 2 aromatic rings. The fourth-order valence-corrected chi connectivity index (χ4v) is 2.23. The van der Waals surface area contributed by atoms with Crippen LogP contribution in [0.2, 0.25) is 5.02 Å². The van der Waals surface area contributed by atoms with Crippen LogP contribution in [0.5, 0.6) is 0 Å². The number of hydrogen-bond donors (Lipinski definition) is 2. The summed E-state index contributed by atoms with van der Waals surface area (Å²) in [6.07, 6.45) is 0. The van der Waals surface area contributed by atoms with Crippen molar-refractivity contribution in [1.82, 2.24) is 4.98 Å². The minimum Gasteiger partial charge on any atom is -0.384 e. The van der Waals surface area contributed by atoms with Gasteiger partial charge in [0.05, 0.1) is 9.50 Å². The first-order chi connectivity index (χ1) is 9.38. The van der Waals surface area contributed by atoms with Crippen LogP contribution in [-0.2, 0) is 0 Å². The van der Waals surface area contributed by atoms with Gasteiger partial charge < -0.3 is 11.1 Å². The molecule has 1 heterocycles. The molecule has 1 aromatic heterocycles. The minimum atomic E-state index is -0.549. The van der Waals surface area contributed by atoms with E-state index in [9.17, 15) is 9.18 Å². The molecule has 7 heteroatoms. The first-order valence-corrected chi connectivity index (χ1v) is 6.74. The molecule has 2 rings (SSSR count). The topological polar surface area (TPSA) is 68.0 Å². The average Bonchev–Trinajstić information content (AvgIpc) is 2.38. The molecule has 0 saturated carbocycles. The van der Waals surface area contributed by atoms with E-state index in [4.69, 9.17) is 17.3 Å². The maximum atomic E-state index is 13.5. The van der Waals surface area contributed by atoms with E-state index < -0.39 is 11.7 Å². The lowest BCUT2D eigenvalue weighted by Gasteiger charge is -2.10. The summed E-state index contributed by atoms with van der Waals surface area (Å²) in [4.78, 5) is 16.0. The van der Waals surface area contributed by atoms with Gasteiger partial charge in [-0.2, -0.15) is 0 Å². The molecule has 0 aliphatic rings. The molecule has 0 aliphatic heterocycles. The number of aryl methyl sites for hydroxylation is 1. The molecule has 0 bridgehead atoms. The van der Waals surface area contributed by atoms with Crippen molar-refractivity contribution in [2.45, 2.75) is 6.92 Å². The molecule has 0 atom stereocenters. The molecule has 0 saturated heterocycles. The quantitative estimate of drug-likeness (QED) is 0.858. The predicted octanol–water partition coefficient (Wildman–Crippen LogP) is 3.78. The number of nitrogen functional groups attached to an aromatic ring is 1. The van der Waals surface area contributed by atoms with Gasteiger partial charge in [-0.3, -0.25) is 4.79 Å². The zero-order chi connectivity index (χ0) is 14.9. The smallest absolute Gasteiger partial charge is 0.275 e. The third kappa shape index (κ3) is 3.08. The van der Waals surface area contributed by atoms with Crippen LogP contribution in [0, 0.1) is 12.7 Å². The number of nitrogens with one attached hydrogen (secondary N) is 1. The molecular formula is C13H10BrClFN3O. The second kappa shape index (κ2) is 5.76. The fourth-order valence-electron chi connectivity index (χ4n) is 1.58. The van der Waals surface area contributed by atoms with E-state index in [0.29, 0.717) is 15.7 Å². The first-order valence-electron chi connectivity index (χ1n) is 5.57. The van der Waals surface area contributed by atoms with Crippen LogP contribution >= 0.6 is 27.5 Å². The molecule has 1 amide bonds. The predicted molar refractivity (Wildman–Crippen MR) is 80.4 cm³/mol. The van der Waals surface area contributed by atoms with E-state index in [-0.39, 0.29) is 16.5 Å². The standard InChI is InChI=1S/C13H10BrClFN3O/c1-6-4-7(14)9(16)5-10(6)18-13(20)12-8(15)2-3-11(17)19-12/h2-5H,1H3,(H2,17,19)(H,18,20). The van der Waals surface area contributed by atoms with Gasteiger partial charge in [0.15, 0.2) is 0 Å². The highest BCUT2D eigenvalue weighted by Gasteiger charge is 2.15. The van der Waals surface area contributed by atoms with Gasteiger partial charge in [0, 0.05) is 5.69 Å². The number of amides is 1. The number of carbonyl (C=O) groups is 1. The lowest BCUT2D eigenvalue weighted by Crippen LogP contribution is -2.16. The first kappa shape index (κ1) is 14.7. The van der Waals surface area contributed by atoms with Crippen LogP contribution < -0.4 is 11.1 Å². The molecule has 0 radical (unpaired) electrons. The Hall–Kier alpha value is -1.66. The van der Waals surface area contributed by atoms with Gasteiger partial charge in [0.2, 0.25) is 0 Å². The van der Waals surface area contributed by atoms with Gasteiger partial charge in [-0.25, -0.2) is 9.37 Å². The van der Waals surface area contributed by atoms with Crippen molar-refractivity contribution in [3.05, 3.63) is 50.8 Å². The van der Waals surface area contributed by atoms with Crippen LogP contribution in [0.25, 0.3) is 0 Å². The molecule has 0 aliphatic carbocycles. The summed E-state index contributed by atoms with van der Waals surface area (Å²) in [5.74, 6) is -0.845. The van der Waals surface area contributed by atoms with Gasteiger partial charge in [0.1, 0.15) is 17.3 Å². The van der Waals surface area contributed by atoms with Crippen molar-refractivity contribution in [1.29, 1.82) is 0 Å². The summed E-state index contributed by atoms with van der Waals surface area (Å²) in [6.45, 7) is 1.74. The summed E-state index contributed by atoms with van der Waals surface area (Å²) in [5, 5.41) is 2.73. The van der Waals surface area contributed by atoms with E-state index in [1.807, 2.05) is 0 Å². The second-order valence-electron chi connectivity index (χ2n) is 4.10. The number of pyridine rings is 1. The number of benzene rings is 1. The number of aromatic nitrogens is 1. The number of hydrogen-bond acceptors (Lipinski definition) is 3. The van der Waals surface area contributed by atoms with Crippen LogP contribution in [0.4, 0.5) is 15.9 Å². The van der Waals surface area contributed by atoms with Crippen LogP contribution in [-0.4, -0.2) is 10.9 Å². The van der Waals surface area contributed by atoms with Crippen molar-refractivity contribution in [2.75, 3.05) is 11.1 Å². The normalized spacial score (nSPS) is 10.4. The second-order valence-corrected chi connectivity index (χ2v) is 5.36. The Morgan fingerprint density at radius 3 is 2.85 bits per heavy atom. The average molecular weight is 359 g/mol. The van der Waals surface area contributed by atoms with Gasteiger partial charge in [-0.05, 0) is 52.7 Å².